The van der Waals surface area contributed by atoms with Gasteiger partial charge in [-0.15, -0.1) is 0 Å². The van der Waals surface area contributed by atoms with Gasteiger partial charge in [0.1, 0.15) is 11.3 Å². The number of hydrogen-bond donors (Lipinski definition) is 3. The van der Waals surface area contributed by atoms with E-state index in [2.05, 4.69) is 38.6 Å². The molecule has 5 rings (SSSR count). The van der Waals surface area contributed by atoms with Crippen LogP contribution in [0.4, 0.5) is 11.5 Å². The quantitative estimate of drug-likeness (QED) is 0.182. The van der Waals surface area contributed by atoms with E-state index < -0.39 is 5.60 Å². The van der Waals surface area contributed by atoms with Crippen molar-refractivity contribution in [3.8, 4) is 28.3 Å². The minimum absolute atomic E-state index is 0.447. The minimum Gasteiger partial charge on any atom is -0.481 e. The second kappa shape index (κ2) is 11.8. The summed E-state index contributed by atoms with van der Waals surface area (Å²) < 4.78 is 5.59. The summed E-state index contributed by atoms with van der Waals surface area (Å²) in [6.45, 7) is 8.41. The Bertz CT molecular complexity index is 1720. The van der Waals surface area contributed by atoms with E-state index in [0.29, 0.717) is 46.8 Å². The Morgan fingerprint density at radius 3 is 2.44 bits per heavy atom. The molecule has 0 amide bonds. The van der Waals surface area contributed by atoms with Gasteiger partial charge in [-0.1, -0.05) is 48.0 Å². The number of halogens is 1. The lowest BCUT2D eigenvalue weighted by molar-refractivity contribution is 0.0794. The zero-order valence-corrected chi connectivity index (χ0v) is 24.5. The number of nitrogens with zero attached hydrogens (tertiary/aromatic N) is 4. The molecule has 41 heavy (non-hydrogen) atoms. The Balaban J connectivity index is 1.48. The first kappa shape index (κ1) is 28.4. The molecule has 3 heterocycles. The number of ether oxygens (including phenoxy) is 1. The molecule has 9 heteroatoms. The first-order chi connectivity index (χ1) is 19.6. The van der Waals surface area contributed by atoms with E-state index in [4.69, 9.17) is 21.3 Å². The predicted octanol–water partition coefficient (Wildman–Crippen LogP) is 6.64. The lowest BCUT2D eigenvalue weighted by Gasteiger charge is -2.18. The number of pyridine rings is 2. The summed E-state index contributed by atoms with van der Waals surface area (Å²) in [4.78, 5) is 18.4. The SMILES string of the molecule is COc1nc(-c2cccc(-c3cccc(Nc4nc(C)nc5cccnc45)c3C)c2Cl)ccc1CNCC(C)(C)O. The fraction of sp³-hybridized carbons (Fsp3) is 0.250. The fourth-order valence-electron chi connectivity index (χ4n) is 4.73. The standard InChI is InChI=1S/C32H33ClN6O2/c1-19-22(9-7-12-25(19)38-30-29-27(13-8-16-35-29)36-20(2)37-30)23-10-6-11-24(28(23)33)26-15-14-21(31(39-26)41-5)17-34-18-32(3,4)40/h6-16,34,40H,17-18H2,1-5H3,(H,36,37,38). The lowest BCUT2D eigenvalue weighted by Crippen LogP contribution is -2.34. The highest BCUT2D eigenvalue weighted by Crippen LogP contribution is 2.39. The van der Waals surface area contributed by atoms with E-state index in [1.54, 1.807) is 27.2 Å². The van der Waals surface area contributed by atoms with Crippen molar-refractivity contribution in [1.82, 2.24) is 25.3 Å². The molecular formula is C32H33ClN6O2. The van der Waals surface area contributed by atoms with Crippen LogP contribution in [0.15, 0.2) is 66.9 Å². The van der Waals surface area contributed by atoms with Crippen LogP contribution in [0.2, 0.25) is 5.02 Å². The zero-order valence-electron chi connectivity index (χ0n) is 23.8. The lowest BCUT2D eigenvalue weighted by atomic mass is 9.96. The van der Waals surface area contributed by atoms with Crippen LogP contribution in [0.25, 0.3) is 33.4 Å². The normalized spacial score (nSPS) is 11.6. The molecule has 2 aromatic carbocycles. The molecule has 0 saturated heterocycles. The highest BCUT2D eigenvalue weighted by atomic mass is 35.5. The third-order valence-electron chi connectivity index (χ3n) is 6.72. The van der Waals surface area contributed by atoms with Crippen molar-refractivity contribution in [3.63, 3.8) is 0 Å². The van der Waals surface area contributed by atoms with Crippen LogP contribution in [0.1, 0.15) is 30.8 Å². The Morgan fingerprint density at radius 2 is 1.66 bits per heavy atom. The van der Waals surface area contributed by atoms with Crippen LogP contribution in [0.5, 0.6) is 5.88 Å². The van der Waals surface area contributed by atoms with E-state index in [1.165, 1.54) is 0 Å². The number of aromatic nitrogens is 4. The maximum atomic E-state index is 9.99. The monoisotopic (exact) mass is 568 g/mol. The van der Waals surface area contributed by atoms with Crippen molar-refractivity contribution in [1.29, 1.82) is 0 Å². The van der Waals surface area contributed by atoms with Crippen molar-refractivity contribution < 1.29 is 9.84 Å². The van der Waals surface area contributed by atoms with Crippen LogP contribution in [0, 0.1) is 13.8 Å². The van der Waals surface area contributed by atoms with Gasteiger partial charge in [-0.05, 0) is 63.1 Å². The van der Waals surface area contributed by atoms with E-state index in [-0.39, 0.29) is 0 Å². The van der Waals surface area contributed by atoms with Crippen LogP contribution >= 0.6 is 11.6 Å². The molecule has 0 unspecified atom stereocenters. The van der Waals surface area contributed by atoms with Gasteiger partial charge in [-0.25, -0.2) is 15.0 Å². The summed E-state index contributed by atoms with van der Waals surface area (Å²) in [6.07, 6.45) is 1.74. The highest BCUT2D eigenvalue weighted by molar-refractivity contribution is 6.36. The van der Waals surface area contributed by atoms with Gasteiger partial charge in [-0.2, -0.15) is 0 Å². The van der Waals surface area contributed by atoms with Crippen molar-refractivity contribution in [3.05, 3.63) is 88.8 Å². The summed E-state index contributed by atoms with van der Waals surface area (Å²) in [5.74, 6) is 1.83. The van der Waals surface area contributed by atoms with E-state index >= 15 is 0 Å². The molecule has 0 spiro atoms. The van der Waals surface area contributed by atoms with E-state index in [1.807, 2.05) is 61.5 Å². The van der Waals surface area contributed by atoms with Gasteiger partial charge in [0.05, 0.1) is 28.9 Å². The maximum absolute atomic E-state index is 9.99. The van der Waals surface area contributed by atoms with Gasteiger partial charge in [-0.3, -0.25) is 4.98 Å². The number of rotatable bonds is 9. The molecule has 0 aliphatic carbocycles. The molecular weight excluding hydrogens is 536 g/mol. The number of methoxy groups -OCH3 is 1. The van der Waals surface area contributed by atoms with Crippen LogP contribution in [-0.4, -0.2) is 44.3 Å². The molecule has 210 valence electrons. The Hall–Kier alpha value is -4.11. The van der Waals surface area contributed by atoms with Crippen LogP contribution < -0.4 is 15.4 Å². The van der Waals surface area contributed by atoms with Gasteiger partial charge >= 0.3 is 0 Å². The summed E-state index contributed by atoms with van der Waals surface area (Å²) in [5, 5.41) is 17.3. The Morgan fingerprint density at radius 1 is 0.902 bits per heavy atom. The third-order valence-corrected chi connectivity index (χ3v) is 7.13. The van der Waals surface area contributed by atoms with Crippen LogP contribution in [0.3, 0.4) is 0 Å². The number of fused-ring (bicyclic) bond motifs is 1. The van der Waals surface area contributed by atoms with Gasteiger partial charge in [0.25, 0.3) is 0 Å². The highest BCUT2D eigenvalue weighted by Gasteiger charge is 2.17. The number of benzene rings is 2. The summed E-state index contributed by atoms with van der Waals surface area (Å²) in [5.41, 5.74) is 6.90. The molecule has 5 aromatic rings. The fourth-order valence-corrected chi connectivity index (χ4v) is 5.06. The number of aryl methyl sites for hydroxylation is 1. The molecule has 0 fully saturated rings. The first-order valence-corrected chi connectivity index (χ1v) is 13.7. The molecule has 0 saturated carbocycles. The largest absolute Gasteiger partial charge is 0.481 e. The van der Waals surface area contributed by atoms with Crippen LogP contribution in [-0.2, 0) is 6.54 Å². The Labute approximate surface area is 244 Å². The average Bonchev–Trinajstić information content (AvgIpc) is 2.94. The van der Waals surface area contributed by atoms with E-state index in [9.17, 15) is 5.11 Å². The Kier molecular flexibility index (Phi) is 8.17. The summed E-state index contributed by atoms with van der Waals surface area (Å²) >= 11 is 7.06. The van der Waals surface area contributed by atoms with Gasteiger partial charge in [0.15, 0.2) is 5.82 Å². The number of hydrogen-bond acceptors (Lipinski definition) is 8. The second-order valence-electron chi connectivity index (χ2n) is 10.5. The summed E-state index contributed by atoms with van der Waals surface area (Å²) in [6, 6.07) is 19.7. The molecule has 0 bridgehead atoms. The van der Waals surface area contributed by atoms with Gasteiger partial charge in [0.2, 0.25) is 5.88 Å². The minimum atomic E-state index is -0.808. The molecule has 8 nitrogen and oxygen atoms in total. The number of anilines is 2. The number of aliphatic hydroxyl groups is 1. The van der Waals surface area contributed by atoms with Gasteiger partial charge in [0, 0.05) is 41.7 Å². The number of nitrogens with one attached hydrogen (secondary N) is 2. The molecule has 0 atom stereocenters. The molecule has 0 aliphatic heterocycles. The second-order valence-corrected chi connectivity index (χ2v) is 10.9. The first-order valence-electron chi connectivity index (χ1n) is 13.4. The molecule has 3 N–H and O–H groups in total. The van der Waals surface area contributed by atoms with Crippen molar-refractivity contribution in [2.45, 2.75) is 39.8 Å². The molecule has 0 aliphatic rings. The average molecular weight is 569 g/mol. The predicted molar refractivity (Wildman–Crippen MR) is 165 cm³/mol. The van der Waals surface area contributed by atoms with Crippen molar-refractivity contribution in [2.75, 3.05) is 19.0 Å². The van der Waals surface area contributed by atoms with Crippen molar-refractivity contribution in [2.24, 2.45) is 0 Å². The smallest absolute Gasteiger partial charge is 0.218 e. The zero-order chi connectivity index (χ0) is 29.1. The molecule has 0 radical (unpaired) electrons. The third kappa shape index (κ3) is 6.30. The summed E-state index contributed by atoms with van der Waals surface area (Å²) in [7, 11) is 1.60. The molecule has 3 aromatic heterocycles. The van der Waals surface area contributed by atoms with Gasteiger partial charge < -0.3 is 20.5 Å². The topological polar surface area (TPSA) is 105 Å². The van der Waals surface area contributed by atoms with Crippen molar-refractivity contribution >= 4 is 34.1 Å². The maximum Gasteiger partial charge on any atom is 0.218 e. The van der Waals surface area contributed by atoms with E-state index in [0.717, 1.165) is 39.0 Å².